The van der Waals surface area contributed by atoms with Gasteiger partial charge in [0, 0.05) is 44.6 Å². The third-order valence-corrected chi connectivity index (χ3v) is 5.18. The predicted octanol–water partition coefficient (Wildman–Crippen LogP) is 1.68. The SMILES string of the molecule is O=C(NCc1ccccc1N1CCOCC1)c1ccncc1N1CCOCC1. The third-order valence-electron chi connectivity index (χ3n) is 5.18. The van der Waals surface area contributed by atoms with Crippen LogP contribution in [0.2, 0.25) is 0 Å². The fourth-order valence-electron chi connectivity index (χ4n) is 3.68. The Morgan fingerprint density at radius 3 is 2.29 bits per heavy atom. The zero-order valence-corrected chi connectivity index (χ0v) is 16.0. The number of morpholine rings is 2. The minimum absolute atomic E-state index is 0.0827. The van der Waals surface area contributed by atoms with Crippen molar-refractivity contribution in [2.75, 3.05) is 62.4 Å². The average Bonchev–Trinajstić information content (AvgIpc) is 2.79. The van der Waals surface area contributed by atoms with Crippen molar-refractivity contribution in [3.63, 3.8) is 0 Å². The average molecular weight is 382 g/mol. The first-order valence-electron chi connectivity index (χ1n) is 9.78. The number of aromatic nitrogens is 1. The molecule has 2 saturated heterocycles. The number of hydrogen-bond acceptors (Lipinski definition) is 6. The highest BCUT2D eigenvalue weighted by Crippen LogP contribution is 2.23. The molecule has 1 aromatic heterocycles. The van der Waals surface area contributed by atoms with Crippen LogP contribution in [0.15, 0.2) is 42.7 Å². The highest BCUT2D eigenvalue weighted by atomic mass is 16.5. The van der Waals surface area contributed by atoms with Gasteiger partial charge >= 0.3 is 0 Å². The van der Waals surface area contributed by atoms with Crippen LogP contribution >= 0.6 is 0 Å². The van der Waals surface area contributed by atoms with Crippen molar-refractivity contribution in [2.24, 2.45) is 0 Å². The molecular weight excluding hydrogens is 356 g/mol. The molecule has 2 fully saturated rings. The van der Waals surface area contributed by atoms with E-state index in [1.54, 1.807) is 18.5 Å². The van der Waals surface area contributed by atoms with E-state index in [0.29, 0.717) is 25.3 Å². The lowest BCUT2D eigenvalue weighted by Gasteiger charge is -2.31. The Bertz CT molecular complexity index is 802. The molecule has 2 aliphatic rings. The number of ether oxygens (including phenoxy) is 2. The Hall–Kier alpha value is -2.64. The van der Waals surface area contributed by atoms with Gasteiger partial charge in [-0.2, -0.15) is 0 Å². The maximum absolute atomic E-state index is 12.9. The van der Waals surface area contributed by atoms with Gasteiger partial charge in [-0.3, -0.25) is 9.78 Å². The summed E-state index contributed by atoms with van der Waals surface area (Å²) < 4.78 is 10.9. The molecule has 148 valence electrons. The molecule has 0 unspecified atom stereocenters. The summed E-state index contributed by atoms with van der Waals surface area (Å²) in [7, 11) is 0. The maximum atomic E-state index is 12.9. The number of pyridine rings is 1. The topological polar surface area (TPSA) is 66.9 Å². The zero-order chi connectivity index (χ0) is 19.2. The smallest absolute Gasteiger partial charge is 0.253 e. The van der Waals surface area contributed by atoms with Gasteiger partial charge in [-0.15, -0.1) is 0 Å². The largest absolute Gasteiger partial charge is 0.378 e. The number of rotatable bonds is 5. The second kappa shape index (κ2) is 9.03. The van der Waals surface area contributed by atoms with Crippen LogP contribution in [-0.2, 0) is 16.0 Å². The zero-order valence-electron chi connectivity index (χ0n) is 16.0. The number of nitrogens with one attached hydrogen (secondary N) is 1. The number of carbonyl (C=O) groups excluding carboxylic acids is 1. The van der Waals surface area contributed by atoms with Crippen LogP contribution in [0, 0.1) is 0 Å². The molecule has 3 heterocycles. The van der Waals surface area contributed by atoms with E-state index in [2.05, 4.69) is 32.2 Å². The normalized spacial score (nSPS) is 17.4. The molecule has 0 aliphatic carbocycles. The lowest BCUT2D eigenvalue weighted by molar-refractivity contribution is 0.0949. The lowest BCUT2D eigenvalue weighted by Crippen LogP contribution is -2.38. The Morgan fingerprint density at radius 2 is 1.57 bits per heavy atom. The van der Waals surface area contributed by atoms with Crippen LogP contribution in [0.1, 0.15) is 15.9 Å². The minimum atomic E-state index is -0.0827. The van der Waals surface area contributed by atoms with Crippen molar-refractivity contribution < 1.29 is 14.3 Å². The first kappa shape index (κ1) is 18.7. The molecule has 7 nitrogen and oxygen atoms in total. The van der Waals surface area contributed by atoms with E-state index in [0.717, 1.165) is 56.3 Å². The molecule has 28 heavy (non-hydrogen) atoms. The molecule has 2 aliphatic heterocycles. The summed E-state index contributed by atoms with van der Waals surface area (Å²) in [4.78, 5) is 21.6. The molecule has 0 spiro atoms. The quantitative estimate of drug-likeness (QED) is 0.849. The van der Waals surface area contributed by atoms with Gasteiger partial charge in [0.2, 0.25) is 0 Å². The van der Waals surface area contributed by atoms with Gasteiger partial charge in [-0.1, -0.05) is 18.2 Å². The van der Waals surface area contributed by atoms with E-state index in [4.69, 9.17) is 9.47 Å². The first-order valence-corrected chi connectivity index (χ1v) is 9.78. The van der Waals surface area contributed by atoms with Crippen molar-refractivity contribution in [1.29, 1.82) is 0 Å². The molecule has 1 N–H and O–H groups in total. The molecule has 0 atom stereocenters. The summed E-state index contributed by atoms with van der Waals surface area (Å²) >= 11 is 0. The van der Waals surface area contributed by atoms with Gasteiger partial charge in [-0.25, -0.2) is 0 Å². The summed E-state index contributed by atoms with van der Waals surface area (Å²) in [6.07, 6.45) is 3.43. The van der Waals surface area contributed by atoms with Crippen LogP contribution in [0.25, 0.3) is 0 Å². The van der Waals surface area contributed by atoms with Crippen LogP contribution in [-0.4, -0.2) is 63.5 Å². The number of anilines is 2. The third kappa shape index (κ3) is 4.26. The van der Waals surface area contributed by atoms with E-state index in [-0.39, 0.29) is 5.91 Å². The van der Waals surface area contributed by atoms with Crippen molar-refractivity contribution in [3.05, 3.63) is 53.9 Å². The van der Waals surface area contributed by atoms with Gasteiger partial charge in [0.1, 0.15) is 0 Å². The Labute approximate surface area is 165 Å². The molecule has 7 heteroatoms. The molecule has 0 radical (unpaired) electrons. The second-order valence-corrected chi connectivity index (χ2v) is 6.90. The lowest BCUT2D eigenvalue weighted by atomic mass is 10.1. The van der Waals surface area contributed by atoms with E-state index in [9.17, 15) is 4.79 Å². The molecule has 1 amide bonds. The van der Waals surface area contributed by atoms with Crippen LogP contribution in [0.3, 0.4) is 0 Å². The standard InChI is InChI=1S/C21H26N4O3/c26-21(18-5-6-22-16-20(18)25-9-13-28-14-10-25)23-15-17-3-1-2-4-19(17)24-7-11-27-12-8-24/h1-6,16H,7-15H2,(H,23,26). The minimum Gasteiger partial charge on any atom is -0.378 e. The Morgan fingerprint density at radius 1 is 0.929 bits per heavy atom. The fraction of sp³-hybridized carbons (Fsp3) is 0.429. The molecule has 4 rings (SSSR count). The molecule has 2 aromatic rings. The number of carbonyl (C=O) groups is 1. The number of hydrogen-bond donors (Lipinski definition) is 1. The number of benzene rings is 1. The van der Waals surface area contributed by atoms with Gasteiger partial charge < -0.3 is 24.6 Å². The Balaban J connectivity index is 1.47. The van der Waals surface area contributed by atoms with Gasteiger partial charge in [0.15, 0.2) is 0 Å². The van der Waals surface area contributed by atoms with Crippen molar-refractivity contribution in [2.45, 2.75) is 6.54 Å². The maximum Gasteiger partial charge on any atom is 0.253 e. The van der Waals surface area contributed by atoms with E-state index >= 15 is 0 Å². The van der Waals surface area contributed by atoms with Crippen LogP contribution in [0.5, 0.6) is 0 Å². The number of amides is 1. The summed E-state index contributed by atoms with van der Waals surface area (Å²) in [6.45, 7) is 6.58. The molecule has 1 aromatic carbocycles. The highest BCUT2D eigenvalue weighted by molar-refractivity contribution is 5.99. The van der Waals surface area contributed by atoms with Crippen LogP contribution < -0.4 is 15.1 Å². The predicted molar refractivity (Wildman–Crippen MR) is 108 cm³/mol. The van der Waals surface area contributed by atoms with Crippen molar-refractivity contribution >= 4 is 17.3 Å². The first-order chi connectivity index (χ1) is 13.8. The second-order valence-electron chi connectivity index (χ2n) is 6.90. The fourth-order valence-corrected chi connectivity index (χ4v) is 3.68. The summed E-state index contributed by atoms with van der Waals surface area (Å²) in [6, 6.07) is 10.0. The van der Waals surface area contributed by atoms with E-state index < -0.39 is 0 Å². The van der Waals surface area contributed by atoms with Gasteiger partial charge in [-0.05, 0) is 17.7 Å². The Kier molecular flexibility index (Phi) is 6.04. The van der Waals surface area contributed by atoms with Crippen molar-refractivity contribution in [3.8, 4) is 0 Å². The summed E-state index contributed by atoms with van der Waals surface area (Å²) in [5.41, 5.74) is 3.79. The molecule has 0 saturated carbocycles. The molecular formula is C21H26N4O3. The van der Waals surface area contributed by atoms with E-state index in [1.165, 1.54) is 0 Å². The van der Waals surface area contributed by atoms with Crippen molar-refractivity contribution in [1.82, 2.24) is 10.3 Å². The van der Waals surface area contributed by atoms with E-state index in [1.807, 2.05) is 12.1 Å². The summed E-state index contributed by atoms with van der Waals surface area (Å²) in [5.74, 6) is -0.0827. The van der Waals surface area contributed by atoms with Gasteiger partial charge in [0.25, 0.3) is 5.91 Å². The number of para-hydroxylation sites is 1. The highest BCUT2D eigenvalue weighted by Gasteiger charge is 2.20. The monoisotopic (exact) mass is 382 g/mol. The van der Waals surface area contributed by atoms with Crippen LogP contribution in [0.4, 0.5) is 11.4 Å². The van der Waals surface area contributed by atoms with Gasteiger partial charge in [0.05, 0.1) is 43.9 Å². The number of nitrogens with zero attached hydrogens (tertiary/aromatic N) is 3. The molecule has 0 bridgehead atoms. The summed E-state index contributed by atoms with van der Waals surface area (Å²) in [5, 5.41) is 3.09.